The maximum atomic E-state index is 13.1. The first kappa shape index (κ1) is 14.9. The highest BCUT2D eigenvalue weighted by atomic mass is 32.1. The summed E-state index contributed by atoms with van der Waals surface area (Å²) >= 11 is 1.20. The number of rotatable bonds is 4. The smallest absolute Gasteiger partial charge is 0.265 e. The van der Waals surface area contributed by atoms with Gasteiger partial charge in [0.2, 0.25) is 0 Å². The Kier molecular flexibility index (Phi) is 4.07. The molecule has 1 aliphatic carbocycles. The fourth-order valence-corrected chi connectivity index (χ4v) is 3.83. The number of alkyl halides is 2. The van der Waals surface area contributed by atoms with E-state index in [0.29, 0.717) is 16.9 Å². The molecule has 0 amide bonds. The van der Waals surface area contributed by atoms with Crippen molar-refractivity contribution in [3.8, 4) is 0 Å². The van der Waals surface area contributed by atoms with Crippen molar-refractivity contribution in [3.05, 3.63) is 63.5 Å². The highest BCUT2D eigenvalue weighted by Crippen LogP contribution is 2.43. The molecule has 1 N–H and O–H groups in total. The van der Waals surface area contributed by atoms with Crippen molar-refractivity contribution in [2.24, 2.45) is 0 Å². The summed E-state index contributed by atoms with van der Waals surface area (Å²) in [6, 6.07) is 10.9. The molecular weight excluding hydrogens is 304 g/mol. The van der Waals surface area contributed by atoms with E-state index in [-0.39, 0.29) is 17.3 Å². The summed E-state index contributed by atoms with van der Waals surface area (Å²) < 4.78 is 26.3. The number of allylic oxidation sites excluding steroid dienone is 2. The standard InChI is InChI=1S/C17H15F2NOS/c1-20-13-9-12(10-5-3-2-4-6-10)15(21)14(13)16-11(17(18)19)7-8-22-16/h2-8,12,17,20H,9H2,1H3. The molecule has 0 saturated carbocycles. The minimum Gasteiger partial charge on any atom is -0.391 e. The van der Waals surface area contributed by atoms with Crippen LogP contribution in [-0.4, -0.2) is 12.8 Å². The lowest BCUT2D eigenvalue weighted by molar-refractivity contribution is -0.114. The third kappa shape index (κ3) is 2.46. The van der Waals surface area contributed by atoms with Crippen LogP contribution in [0.25, 0.3) is 5.57 Å². The molecule has 1 unspecified atom stereocenters. The SMILES string of the molecule is CNC1=C(c2sccc2C(F)F)C(=O)C(c2ccccc2)C1. The molecule has 3 rings (SSSR count). The van der Waals surface area contributed by atoms with Gasteiger partial charge in [-0.3, -0.25) is 4.79 Å². The number of halogens is 2. The zero-order chi connectivity index (χ0) is 15.7. The Bertz CT molecular complexity index is 721. The molecule has 1 aromatic carbocycles. The summed E-state index contributed by atoms with van der Waals surface area (Å²) in [5.41, 5.74) is 2.02. The Morgan fingerprint density at radius 1 is 1.23 bits per heavy atom. The third-order valence-electron chi connectivity index (χ3n) is 3.93. The van der Waals surface area contributed by atoms with Gasteiger partial charge in [0.05, 0.1) is 11.5 Å². The highest BCUT2D eigenvalue weighted by molar-refractivity contribution is 7.11. The van der Waals surface area contributed by atoms with Crippen molar-refractivity contribution in [1.82, 2.24) is 5.32 Å². The van der Waals surface area contributed by atoms with E-state index in [0.717, 1.165) is 11.3 Å². The molecular formula is C17H15F2NOS. The van der Waals surface area contributed by atoms with Gasteiger partial charge in [0, 0.05) is 29.6 Å². The molecule has 0 spiro atoms. The maximum absolute atomic E-state index is 13.1. The number of nitrogens with one attached hydrogen (secondary N) is 1. The number of carbonyl (C=O) groups is 1. The number of hydrogen-bond donors (Lipinski definition) is 1. The van der Waals surface area contributed by atoms with Crippen molar-refractivity contribution < 1.29 is 13.6 Å². The highest BCUT2D eigenvalue weighted by Gasteiger charge is 2.36. The Balaban J connectivity index is 2.03. The Labute approximate surface area is 131 Å². The van der Waals surface area contributed by atoms with E-state index in [1.165, 1.54) is 17.4 Å². The quantitative estimate of drug-likeness (QED) is 0.906. The number of Topliss-reactive ketones (excluding diaryl/α,β-unsaturated/α-hetero) is 1. The number of thiophene rings is 1. The van der Waals surface area contributed by atoms with Crippen molar-refractivity contribution in [3.63, 3.8) is 0 Å². The molecule has 114 valence electrons. The van der Waals surface area contributed by atoms with Gasteiger partial charge in [-0.25, -0.2) is 8.78 Å². The van der Waals surface area contributed by atoms with Gasteiger partial charge in [0.25, 0.3) is 6.43 Å². The maximum Gasteiger partial charge on any atom is 0.265 e. The topological polar surface area (TPSA) is 29.1 Å². The Morgan fingerprint density at radius 3 is 2.59 bits per heavy atom. The van der Waals surface area contributed by atoms with Gasteiger partial charge in [-0.1, -0.05) is 30.3 Å². The summed E-state index contributed by atoms with van der Waals surface area (Å²) in [5, 5.41) is 4.63. The van der Waals surface area contributed by atoms with Crippen LogP contribution in [0.15, 0.2) is 47.5 Å². The monoisotopic (exact) mass is 319 g/mol. The van der Waals surface area contributed by atoms with Gasteiger partial charge in [0.15, 0.2) is 5.78 Å². The number of carbonyl (C=O) groups excluding carboxylic acids is 1. The molecule has 2 nitrogen and oxygen atoms in total. The van der Waals surface area contributed by atoms with Crippen LogP contribution < -0.4 is 5.32 Å². The van der Waals surface area contributed by atoms with Crippen LogP contribution in [0, 0.1) is 0 Å². The van der Waals surface area contributed by atoms with Crippen LogP contribution in [0.2, 0.25) is 0 Å². The van der Waals surface area contributed by atoms with E-state index in [4.69, 9.17) is 0 Å². The Morgan fingerprint density at radius 2 is 1.95 bits per heavy atom. The van der Waals surface area contributed by atoms with Crippen LogP contribution in [0.1, 0.15) is 34.8 Å². The summed E-state index contributed by atoms with van der Waals surface area (Å²) in [6.07, 6.45) is -2.05. The molecule has 0 aliphatic heterocycles. The van der Waals surface area contributed by atoms with Crippen LogP contribution in [0.5, 0.6) is 0 Å². The minimum atomic E-state index is -2.57. The van der Waals surface area contributed by atoms with Crippen molar-refractivity contribution in [2.75, 3.05) is 7.05 Å². The average molecular weight is 319 g/mol. The van der Waals surface area contributed by atoms with Crippen molar-refractivity contribution in [1.29, 1.82) is 0 Å². The Hall–Kier alpha value is -2.01. The fraction of sp³-hybridized carbons (Fsp3) is 0.235. The molecule has 0 radical (unpaired) electrons. The van der Waals surface area contributed by atoms with Gasteiger partial charge in [0.1, 0.15) is 0 Å². The van der Waals surface area contributed by atoms with Crippen LogP contribution in [-0.2, 0) is 4.79 Å². The molecule has 1 atom stereocenters. The molecule has 5 heteroatoms. The summed E-state index contributed by atoms with van der Waals surface area (Å²) in [6.45, 7) is 0. The van der Waals surface area contributed by atoms with Gasteiger partial charge >= 0.3 is 0 Å². The molecule has 0 fully saturated rings. The van der Waals surface area contributed by atoms with E-state index < -0.39 is 6.43 Å². The molecule has 1 heterocycles. The number of benzene rings is 1. The molecule has 22 heavy (non-hydrogen) atoms. The minimum absolute atomic E-state index is 0.0604. The lowest BCUT2D eigenvalue weighted by Crippen LogP contribution is -2.08. The van der Waals surface area contributed by atoms with Crippen molar-refractivity contribution >= 4 is 22.7 Å². The van der Waals surface area contributed by atoms with Gasteiger partial charge in [-0.15, -0.1) is 11.3 Å². The largest absolute Gasteiger partial charge is 0.391 e. The molecule has 0 bridgehead atoms. The van der Waals surface area contributed by atoms with E-state index in [2.05, 4.69) is 5.32 Å². The molecule has 1 aromatic heterocycles. The lowest BCUT2D eigenvalue weighted by Gasteiger charge is -2.09. The summed E-state index contributed by atoms with van der Waals surface area (Å²) in [7, 11) is 1.73. The second-order valence-electron chi connectivity index (χ2n) is 5.14. The van der Waals surface area contributed by atoms with Crippen LogP contribution >= 0.6 is 11.3 Å². The van der Waals surface area contributed by atoms with E-state index in [9.17, 15) is 13.6 Å². The molecule has 1 aliphatic rings. The van der Waals surface area contributed by atoms with Gasteiger partial charge < -0.3 is 5.32 Å². The number of hydrogen-bond acceptors (Lipinski definition) is 3. The van der Waals surface area contributed by atoms with Gasteiger partial charge in [-0.2, -0.15) is 0 Å². The fourth-order valence-electron chi connectivity index (χ4n) is 2.85. The van der Waals surface area contributed by atoms with E-state index >= 15 is 0 Å². The zero-order valence-corrected chi connectivity index (χ0v) is 12.8. The summed E-state index contributed by atoms with van der Waals surface area (Å²) in [4.78, 5) is 13.2. The normalized spacial score (nSPS) is 18.4. The first-order valence-corrected chi connectivity index (χ1v) is 7.87. The molecule has 2 aromatic rings. The predicted molar refractivity (Wildman–Crippen MR) is 84.1 cm³/mol. The van der Waals surface area contributed by atoms with Gasteiger partial charge in [-0.05, 0) is 17.0 Å². The van der Waals surface area contributed by atoms with E-state index in [1.54, 1.807) is 12.4 Å². The van der Waals surface area contributed by atoms with Crippen molar-refractivity contribution in [2.45, 2.75) is 18.8 Å². The summed E-state index contributed by atoms with van der Waals surface area (Å²) in [5.74, 6) is -0.383. The number of ketones is 1. The third-order valence-corrected chi connectivity index (χ3v) is 4.88. The van der Waals surface area contributed by atoms with E-state index in [1.807, 2.05) is 30.3 Å². The zero-order valence-electron chi connectivity index (χ0n) is 12.0. The molecule has 0 saturated heterocycles. The van der Waals surface area contributed by atoms with Crippen LogP contribution in [0.3, 0.4) is 0 Å². The first-order valence-electron chi connectivity index (χ1n) is 6.99. The second kappa shape index (κ2) is 6.01. The second-order valence-corrected chi connectivity index (χ2v) is 6.06. The average Bonchev–Trinajstić information content (AvgIpc) is 3.12. The lowest BCUT2D eigenvalue weighted by atomic mass is 9.94. The first-order chi connectivity index (χ1) is 10.6. The van der Waals surface area contributed by atoms with Crippen LogP contribution in [0.4, 0.5) is 8.78 Å². The predicted octanol–water partition coefficient (Wildman–Crippen LogP) is 4.37.